The van der Waals surface area contributed by atoms with E-state index >= 15 is 0 Å². The van der Waals surface area contributed by atoms with Crippen molar-refractivity contribution in [3.8, 4) is 0 Å². The summed E-state index contributed by atoms with van der Waals surface area (Å²) in [5, 5.41) is 13.9. The maximum atomic E-state index is 6.23. The molecule has 0 saturated carbocycles. The van der Waals surface area contributed by atoms with E-state index < -0.39 is 0 Å². The highest BCUT2D eigenvalue weighted by Crippen LogP contribution is 2.18. The zero-order valence-corrected chi connectivity index (χ0v) is 17.4. The summed E-state index contributed by atoms with van der Waals surface area (Å²) in [6.07, 6.45) is 5.44. The summed E-state index contributed by atoms with van der Waals surface area (Å²) in [6, 6.07) is 7.72. The van der Waals surface area contributed by atoms with Crippen LogP contribution in [-0.4, -0.2) is 36.6 Å². The Balaban J connectivity index is 1.60. The number of nitrogens with one attached hydrogen (secondary N) is 1. The predicted octanol–water partition coefficient (Wildman–Crippen LogP) is 4.28. The van der Waals surface area contributed by atoms with Gasteiger partial charge in [-0.15, -0.1) is 0 Å². The monoisotopic (exact) mass is 422 g/mol. The van der Waals surface area contributed by atoms with Crippen molar-refractivity contribution in [3.63, 3.8) is 0 Å². The van der Waals surface area contributed by atoms with Crippen LogP contribution in [0, 0.1) is 0 Å². The Labute approximate surface area is 173 Å². The maximum Gasteiger partial charge on any atom is 0.173 e. The minimum atomic E-state index is 0.519. The van der Waals surface area contributed by atoms with Crippen LogP contribution in [-0.2, 0) is 19.6 Å². The molecule has 0 saturated heterocycles. The number of nitrogens with zero attached hydrogens (tertiary/aromatic N) is 5. The van der Waals surface area contributed by atoms with E-state index in [9.17, 15) is 0 Å². The van der Waals surface area contributed by atoms with Gasteiger partial charge in [0.1, 0.15) is 5.69 Å². The Morgan fingerprint density at radius 2 is 1.96 bits per heavy atom. The van der Waals surface area contributed by atoms with Crippen LogP contribution in [0.1, 0.15) is 18.2 Å². The fourth-order valence-electron chi connectivity index (χ4n) is 2.54. The van der Waals surface area contributed by atoms with Crippen LogP contribution >= 0.6 is 35.4 Å². The van der Waals surface area contributed by atoms with Gasteiger partial charge in [-0.3, -0.25) is 9.36 Å². The normalized spacial score (nSPS) is 10.8. The highest BCUT2D eigenvalue weighted by molar-refractivity contribution is 7.80. The molecule has 0 atom stereocenters. The fraction of sp³-hybridized carbons (Fsp3) is 0.278. The van der Waals surface area contributed by atoms with E-state index in [0.29, 0.717) is 23.2 Å². The molecule has 0 aliphatic heterocycles. The molecule has 1 aromatic carbocycles. The molecule has 1 N–H and O–H groups in total. The number of halogens is 2. The number of rotatable bonds is 6. The number of benzene rings is 1. The summed E-state index contributed by atoms with van der Waals surface area (Å²) in [5.41, 5.74) is 2.61. The summed E-state index contributed by atoms with van der Waals surface area (Å²) < 4.78 is 3.62. The van der Waals surface area contributed by atoms with Gasteiger partial charge in [0.2, 0.25) is 0 Å². The zero-order valence-electron chi connectivity index (χ0n) is 15.1. The van der Waals surface area contributed by atoms with Crippen molar-refractivity contribution in [2.45, 2.75) is 26.6 Å². The molecule has 0 amide bonds. The number of anilines is 1. The summed E-state index contributed by atoms with van der Waals surface area (Å²) in [5.74, 6) is 0. The van der Waals surface area contributed by atoms with Crippen LogP contribution in [0.4, 0.5) is 5.69 Å². The van der Waals surface area contributed by atoms with Crippen molar-refractivity contribution in [1.29, 1.82) is 0 Å². The number of aryl methyl sites for hydroxylation is 1. The Morgan fingerprint density at radius 1 is 1.19 bits per heavy atom. The summed E-state index contributed by atoms with van der Waals surface area (Å²) in [7, 11) is 1.89. The molecule has 2 heterocycles. The molecule has 0 radical (unpaired) electrons. The Hall–Kier alpha value is -2.09. The summed E-state index contributed by atoms with van der Waals surface area (Å²) >= 11 is 17.9. The van der Waals surface area contributed by atoms with Crippen LogP contribution in [0.5, 0.6) is 0 Å². The molecular formula is C18H20Cl2N6S. The van der Waals surface area contributed by atoms with Gasteiger partial charge in [0, 0.05) is 31.0 Å². The van der Waals surface area contributed by atoms with Crippen LogP contribution in [0.25, 0.3) is 0 Å². The number of hydrogen-bond donors (Lipinski definition) is 1. The minimum Gasteiger partial charge on any atom is -0.346 e. The smallest absolute Gasteiger partial charge is 0.173 e. The average molecular weight is 423 g/mol. The molecule has 0 unspecified atom stereocenters. The van der Waals surface area contributed by atoms with Crippen molar-refractivity contribution in [3.05, 3.63) is 64.2 Å². The second-order valence-corrected chi connectivity index (χ2v) is 7.28. The van der Waals surface area contributed by atoms with Crippen molar-refractivity contribution < 1.29 is 0 Å². The zero-order chi connectivity index (χ0) is 19.4. The lowest BCUT2D eigenvalue weighted by molar-refractivity contribution is 0.492. The molecule has 0 spiro atoms. The molecule has 0 fully saturated rings. The molecule has 0 bridgehead atoms. The lowest BCUT2D eigenvalue weighted by atomic mass is 10.2. The third-order valence-corrected chi connectivity index (χ3v) is 5.12. The standard InChI is InChI=1S/C18H20Cl2N6S/c1-3-25-11-16(20)17(23-25)12-24(2)18(27)22-14-8-21-26(10-14)9-13-6-4-5-7-15(13)19/h4-8,10-11H,3,9,12H2,1-2H3,(H,22,27). The first-order chi connectivity index (χ1) is 13.0. The molecule has 0 aliphatic rings. The van der Waals surface area contributed by atoms with Gasteiger partial charge in [-0.1, -0.05) is 41.4 Å². The fourth-order valence-corrected chi connectivity index (χ4v) is 3.13. The van der Waals surface area contributed by atoms with E-state index in [1.807, 2.05) is 60.2 Å². The quantitative estimate of drug-likeness (QED) is 0.600. The average Bonchev–Trinajstić information content (AvgIpc) is 3.23. The Morgan fingerprint density at radius 3 is 2.67 bits per heavy atom. The van der Waals surface area contributed by atoms with Gasteiger partial charge in [0.15, 0.2) is 5.11 Å². The molecule has 6 nitrogen and oxygen atoms in total. The van der Waals surface area contributed by atoms with Gasteiger partial charge in [-0.2, -0.15) is 10.2 Å². The first kappa shape index (κ1) is 19.7. The molecule has 2 aromatic heterocycles. The molecule has 142 valence electrons. The van der Waals surface area contributed by atoms with E-state index in [1.165, 1.54) is 0 Å². The molecule has 3 rings (SSSR count). The van der Waals surface area contributed by atoms with E-state index in [2.05, 4.69) is 15.5 Å². The second-order valence-electron chi connectivity index (χ2n) is 6.08. The van der Waals surface area contributed by atoms with E-state index in [1.54, 1.807) is 10.9 Å². The van der Waals surface area contributed by atoms with Gasteiger partial charge in [0.25, 0.3) is 0 Å². The number of thiocarbonyl (C=S) groups is 1. The van der Waals surface area contributed by atoms with Gasteiger partial charge < -0.3 is 10.2 Å². The topological polar surface area (TPSA) is 50.9 Å². The molecule has 3 aromatic rings. The van der Waals surface area contributed by atoms with Crippen molar-refractivity contribution in [2.75, 3.05) is 12.4 Å². The highest BCUT2D eigenvalue weighted by atomic mass is 35.5. The number of hydrogen-bond acceptors (Lipinski definition) is 3. The third kappa shape index (κ3) is 5.00. The summed E-state index contributed by atoms with van der Waals surface area (Å²) in [6.45, 7) is 3.90. The van der Waals surface area contributed by atoms with Gasteiger partial charge >= 0.3 is 0 Å². The van der Waals surface area contributed by atoms with Gasteiger partial charge in [0.05, 0.1) is 30.0 Å². The van der Waals surface area contributed by atoms with Crippen LogP contribution in [0.3, 0.4) is 0 Å². The van der Waals surface area contributed by atoms with Crippen LogP contribution in [0.15, 0.2) is 42.9 Å². The largest absolute Gasteiger partial charge is 0.346 e. The first-order valence-electron chi connectivity index (χ1n) is 8.46. The summed E-state index contributed by atoms with van der Waals surface area (Å²) in [4.78, 5) is 1.88. The molecular weight excluding hydrogens is 403 g/mol. The highest BCUT2D eigenvalue weighted by Gasteiger charge is 2.12. The Kier molecular flexibility index (Phi) is 6.36. The predicted molar refractivity (Wildman–Crippen MR) is 113 cm³/mol. The number of aromatic nitrogens is 4. The van der Waals surface area contributed by atoms with E-state index in [4.69, 9.17) is 35.4 Å². The van der Waals surface area contributed by atoms with Crippen molar-refractivity contribution in [2.24, 2.45) is 0 Å². The van der Waals surface area contributed by atoms with Crippen LogP contribution < -0.4 is 5.32 Å². The molecule has 27 heavy (non-hydrogen) atoms. The lowest BCUT2D eigenvalue weighted by Crippen LogP contribution is -2.30. The SMILES string of the molecule is CCn1cc(Cl)c(CN(C)C(=S)Nc2cnn(Cc3ccccc3Cl)c2)n1. The van der Waals surface area contributed by atoms with E-state index in [-0.39, 0.29) is 0 Å². The minimum absolute atomic E-state index is 0.519. The van der Waals surface area contributed by atoms with Crippen molar-refractivity contribution >= 4 is 46.2 Å². The Bertz CT molecular complexity index is 936. The third-order valence-electron chi connectivity index (χ3n) is 4.02. The molecule has 0 aliphatic carbocycles. The van der Waals surface area contributed by atoms with Gasteiger partial charge in [-0.25, -0.2) is 0 Å². The van der Waals surface area contributed by atoms with E-state index in [0.717, 1.165) is 28.5 Å². The second kappa shape index (κ2) is 8.73. The van der Waals surface area contributed by atoms with Gasteiger partial charge in [-0.05, 0) is 30.8 Å². The van der Waals surface area contributed by atoms with Crippen molar-refractivity contribution in [1.82, 2.24) is 24.5 Å². The van der Waals surface area contributed by atoms with Crippen LogP contribution in [0.2, 0.25) is 10.0 Å². The first-order valence-corrected chi connectivity index (χ1v) is 9.62. The lowest BCUT2D eigenvalue weighted by Gasteiger charge is -2.19. The maximum absolute atomic E-state index is 6.23. The molecule has 9 heteroatoms.